The number of benzene rings is 1. The number of ketones is 1. The number of hydrogen-bond donors (Lipinski definition) is 0. The van der Waals surface area contributed by atoms with E-state index in [2.05, 4.69) is 0 Å². The average molecular weight is 220 g/mol. The van der Waals surface area contributed by atoms with Crippen LogP contribution in [-0.2, 0) is 16.1 Å². The summed E-state index contributed by atoms with van der Waals surface area (Å²) in [7, 11) is 0. The van der Waals surface area contributed by atoms with Gasteiger partial charge in [-0.25, -0.2) is 0 Å². The van der Waals surface area contributed by atoms with Gasteiger partial charge in [-0.15, -0.1) is 0 Å². The molecule has 0 fully saturated rings. The third-order valence-corrected chi connectivity index (χ3v) is 2.73. The van der Waals surface area contributed by atoms with Crippen LogP contribution in [0.4, 0.5) is 0 Å². The molecule has 0 bridgehead atoms. The number of hydrogen-bond acceptors (Lipinski definition) is 2. The molecule has 0 unspecified atom stereocenters. The number of carbonyl (C=O) groups is 1. The fraction of sp³-hybridized carbons (Fsp3) is 0.500. The van der Waals surface area contributed by atoms with Gasteiger partial charge < -0.3 is 4.74 Å². The molecule has 0 aliphatic heterocycles. The molecule has 0 spiro atoms. The van der Waals surface area contributed by atoms with Gasteiger partial charge in [-0.3, -0.25) is 4.79 Å². The van der Waals surface area contributed by atoms with Gasteiger partial charge in [-0.1, -0.05) is 44.2 Å². The van der Waals surface area contributed by atoms with E-state index in [-0.39, 0.29) is 5.92 Å². The number of ether oxygens (including phenoxy) is 1. The molecule has 0 saturated heterocycles. The number of rotatable bonds is 7. The highest BCUT2D eigenvalue weighted by atomic mass is 16.5. The molecule has 0 aliphatic rings. The zero-order chi connectivity index (χ0) is 11.8. The van der Waals surface area contributed by atoms with Crippen molar-refractivity contribution in [3.05, 3.63) is 35.9 Å². The third-order valence-electron chi connectivity index (χ3n) is 2.73. The average Bonchev–Trinajstić information content (AvgIpc) is 2.35. The molecule has 0 N–H and O–H groups in total. The fourth-order valence-corrected chi connectivity index (χ4v) is 1.62. The Balaban J connectivity index is 2.31. The summed E-state index contributed by atoms with van der Waals surface area (Å²) in [6.07, 6.45) is 1.47. The summed E-state index contributed by atoms with van der Waals surface area (Å²) in [5, 5.41) is 0. The van der Waals surface area contributed by atoms with Gasteiger partial charge in [0.1, 0.15) is 5.78 Å². The fourth-order valence-electron chi connectivity index (χ4n) is 1.62. The van der Waals surface area contributed by atoms with Crippen molar-refractivity contribution in [1.82, 2.24) is 0 Å². The highest BCUT2D eigenvalue weighted by Crippen LogP contribution is 2.09. The molecule has 0 heterocycles. The van der Waals surface area contributed by atoms with Crippen LogP contribution in [-0.4, -0.2) is 12.4 Å². The zero-order valence-electron chi connectivity index (χ0n) is 10.1. The van der Waals surface area contributed by atoms with Crippen molar-refractivity contribution < 1.29 is 9.53 Å². The van der Waals surface area contributed by atoms with E-state index in [1.165, 1.54) is 0 Å². The Morgan fingerprint density at radius 2 is 1.94 bits per heavy atom. The first kappa shape index (κ1) is 12.9. The molecule has 2 nitrogen and oxygen atoms in total. The molecule has 0 radical (unpaired) electrons. The van der Waals surface area contributed by atoms with Gasteiger partial charge in [0.15, 0.2) is 0 Å². The lowest BCUT2D eigenvalue weighted by Crippen LogP contribution is -2.18. The molecular formula is C14H20O2. The van der Waals surface area contributed by atoms with Crippen LogP contribution in [0.5, 0.6) is 0 Å². The molecular weight excluding hydrogens is 200 g/mol. The van der Waals surface area contributed by atoms with E-state index in [0.29, 0.717) is 25.4 Å². The first-order chi connectivity index (χ1) is 7.77. The maximum absolute atomic E-state index is 11.5. The monoisotopic (exact) mass is 220 g/mol. The van der Waals surface area contributed by atoms with Crippen molar-refractivity contribution in [3.8, 4) is 0 Å². The van der Waals surface area contributed by atoms with Gasteiger partial charge in [0.05, 0.1) is 13.2 Å². The molecule has 1 rings (SSSR count). The Bertz CT molecular complexity index is 306. The molecule has 88 valence electrons. The summed E-state index contributed by atoms with van der Waals surface area (Å²) < 4.78 is 5.57. The standard InChI is InChI=1S/C14H20O2/c1-3-13(14(15)4-2)11-16-10-12-8-6-5-7-9-12/h5-9,13H,3-4,10-11H2,1-2H3/t13-/m0/s1. The summed E-state index contributed by atoms with van der Waals surface area (Å²) in [6, 6.07) is 10.0. The summed E-state index contributed by atoms with van der Waals surface area (Å²) in [5.74, 6) is 0.365. The molecule has 0 aliphatic carbocycles. The minimum Gasteiger partial charge on any atom is -0.376 e. The van der Waals surface area contributed by atoms with Crippen LogP contribution in [0.2, 0.25) is 0 Å². The number of Topliss-reactive ketones (excluding diaryl/α,β-unsaturated/α-hetero) is 1. The molecule has 16 heavy (non-hydrogen) atoms. The largest absolute Gasteiger partial charge is 0.376 e. The van der Waals surface area contributed by atoms with Gasteiger partial charge in [0.2, 0.25) is 0 Å². The van der Waals surface area contributed by atoms with Crippen LogP contribution in [0.15, 0.2) is 30.3 Å². The second-order valence-corrected chi connectivity index (χ2v) is 3.93. The van der Waals surface area contributed by atoms with Gasteiger partial charge in [0, 0.05) is 12.3 Å². The van der Waals surface area contributed by atoms with Crippen LogP contribution in [0.3, 0.4) is 0 Å². The van der Waals surface area contributed by atoms with Gasteiger partial charge >= 0.3 is 0 Å². The SMILES string of the molecule is CCC(=O)[C@@H](CC)COCc1ccccc1. The van der Waals surface area contributed by atoms with Crippen molar-refractivity contribution in [2.24, 2.45) is 5.92 Å². The lowest BCUT2D eigenvalue weighted by atomic mass is 10.0. The highest BCUT2D eigenvalue weighted by Gasteiger charge is 2.14. The van der Waals surface area contributed by atoms with E-state index in [1.54, 1.807) is 0 Å². The van der Waals surface area contributed by atoms with Gasteiger partial charge in [0.25, 0.3) is 0 Å². The second kappa shape index (κ2) is 7.18. The summed E-state index contributed by atoms with van der Waals surface area (Å²) in [6.45, 7) is 5.07. The topological polar surface area (TPSA) is 26.3 Å². The van der Waals surface area contributed by atoms with Crippen LogP contribution in [0.1, 0.15) is 32.3 Å². The molecule has 1 aromatic carbocycles. The summed E-state index contributed by atoms with van der Waals surface area (Å²) >= 11 is 0. The predicted octanol–water partition coefficient (Wildman–Crippen LogP) is 3.21. The smallest absolute Gasteiger partial charge is 0.137 e. The minimum atomic E-state index is 0.0636. The first-order valence-electron chi connectivity index (χ1n) is 5.92. The molecule has 1 aromatic rings. The Morgan fingerprint density at radius 1 is 1.25 bits per heavy atom. The van der Waals surface area contributed by atoms with E-state index in [1.807, 2.05) is 44.2 Å². The van der Waals surface area contributed by atoms with E-state index < -0.39 is 0 Å². The second-order valence-electron chi connectivity index (χ2n) is 3.93. The van der Waals surface area contributed by atoms with Gasteiger partial charge in [-0.05, 0) is 12.0 Å². The maximum atomic E-state index is 11.5. The lowest BCUT2D eigenvalue weighted by molar-refractivity contribution is -0.124. The van der Waals surface area contributed by atoms with E-state index in [9.17, 15) is 4.79 Å². The number of carbonyl (C=O) groups excluding carboxylic acids is 1. The third kappa shape index (κ3) is 4.15. The molecule has 0 amide bonds. The van der Waals surface area contributed by atoms with Crippen LogP contribution >= 0.6 is 0 Å². The van der Waals surface area contributed by atoms with Crippen molar-refractivity contribution in [1.29, 1.82) is 0 Å². The Hall–Kier alpha value is -1.15. The minimum absolute atomic E-state index is 0.0636. The summed E-state index contributed by atoms with van der Waals surface area (Å²) in [4.78, 5) is 11.5. The Kier molecular flexibility index (Phi) is 5.79. The summed E-state index contributed by atoms with van der Waals surface area (Å²) in [5.41, 5.74) is 1.15. The van der Waals surface area contributed by atoms with Crippen molar-refractivity contribution in [3.63, 3.8) is 0 Å². The highest BCUT2D eigenvalue weighted by molar-refractivity contribution is 5.80. The van der Waals surface area contributed by atoms with Crippen molar-refractivity contribution in [2.45, 2.75) is 33.3 Å². The van der Waals surface area contributed by atoms with Crippen LogP contribution < -0.4 is 0 Å². The lowest BCUT2D eigenvalue weighted by Gasteiger charge is -2.13. The molecule has 2 heteroatoms. The van der Waals surface area contributed by atoms with E-state index in [0.717, 1.165) is 12.0 Å². The maximum Gasteiger partial charge on any atom is 0.137 e. The van der Waals surface area contributed by atoms with Crippen LogP contribution in [0.25, 0.3) is 0 Å². The zero-order valence-corrected chi connectivity index (χ0v) is 10.1. The normalized spacial score (nSPS) is 12.4. The molecule has 0 saturated carbocycles. The molecule has 1 atom stereocenters. The Morgan fingerprint density at radius 3 is 2.50 bits per heavy atom. The Labute approximate surface area is 97.6 Å². The van der Waals surface area contributed by atoms with Gasteiger partial charge in [-0.2, -0.15) is 0 Å². The quantitative estimate of drug-likeness (QED) is 0.705. The van der Waals surface area contributed by atoms with Crippen molar-refractivity contribution in [2.75, 3.05) is 6.61 Å². The predicted molar refractivity (Wildman–Crippen MR) is 65.2 cm³/mol. The first-order valence-corrected chi connectivity index (χ1v) is 5.92. The molecule has 0 aromatic heterocycles. The van der Waals surface area contributed by atoms with E-state index in [4.69, 9.17) is 4.74 Å². The van der Waals surface area contributed by atoms with Crippen LogP contribution in [0, 0.1) is 5.92 Å². The van der Waals surface area contributed by atoms with Crippen molar-refractivity contribution >= 4 is 5.78 Å². The van der Waals surface area contributed by atoms with E-state index >= 15 is 0 Å².